The Morgan fingerprint density at radius 2 is 2.15 bits per heavy atom. The van der Waals surface area contributed by atoms with Gasteiger partial charge in [-0.1, -0.05) is 11.8 Å². The summed E-state index contributed by atoms with van der Waals surface area (Å²) in [5.41, 5.74) is 0. The maximum Gasteiger partial charge on any atom is 0.187 e. The van der Waals surface area contributed by atoms with E-state index in [0.717, 1.165) is 18.2 Å². The summed E-state index contributed by atoms with van der Waals surface area (Å²) < 4.78 is 0. The molecule has 13 heavy (non-hydrogen) atoms. The lowest BCUT2D eigenvalue weighted by molar-refractivity contribution is 0.857. The second-order valence-electron chi connectivity index (χ2n) is 2.76. The summed E-state index contributed by atoms with van der Waals surface area (Å²) in [7, 11) is 0. The molecule has 0 aromatic carbocycles. The van der Waals surface area contributed by atoms with E-state index in [-0.39, 0.29) is 12.4 Å². The van der Waals surface area contributed by atoms with Gasteiger partial charge in [-0.05, 0) is 19.0 Å². The van der Waals surface area contributed by atoms with Gasteiger partial charge in [-0.15, -0.1) is 12.4 Å². The van der Waals surface area contributed by atoms with Crippen LogP contribution in [-0.4, -0.2) is 28.3 Å². The molecular weight excluding hydrogens is 206 g/mol. The van der Waals surface area contributed by atoms with Crippen LogP contribution in [0.4, 0.5) is 0 Å². The normalized spacial score (nSPS) is 21.1. The molecule has 1 aliphatic rings. The van der Waals surface area contributed by atoms with Crippen LogP contribution in [0.25, 0.3) is 0 Å². The Balaban J connectivity index is 0.000000845. The van der Waals surface area contributed by atoms with Crippen molar-refractivity contribution < 1.29 is 0 Å². The van der Waals surface area contributed by atoms with Gasteiger partial charge in [0, 0.05) is 24.2 Å². The molecule has 1 aromatic heterocycles. The highest BCUT2D eigenvalue weighted by Crippen LogP contribution is 2.22. The smallest absolute Gasteiger partial charge is 0.187 e. The van der Waals surface area contributed by atoms with Crippen LogP contribution in [0.5, 0.6) is 0 Å². The van der Waals surface area contributed by atoms with Gasteiger partial charge in [0.05, 0.1) is 0 Å². The van der Waals surface area contributed by atoms with Crippen molar-refractivity contribution in [2.24, 2.45) is 0 Å². The molecule has 1 unspecified atom stereocenters. The molecule has 1 aromatic rings. The van der Waals surface area contributed by atoms with Crippen molar-refractivity contribution >= 4 is 24.2 Å². The largest absolute Gasteiger partial charge is 0.316 e. The number of halogens is 1. The lowest BCUT2D eigenvalue weighted by Gasteiger charge is -2.04. The second kappa shape index (κ2) is 5.42. The Morgan fingerprint density at radius 3 is 2.77 bits per heavy atom. The van der Waals surface area contributed by atoms with E-state index in [4.69, 9.17) is 0 Å². The van der Waals surface area contributed by atoms with Crippen LogP contribution >= 0.6 is 24.2 Å². The van der Waals surface area contributed by atoms with Crippen LogP contribution in [0.1, 0.15) is 6.42 Å². The molecule has 1 atom stereocenters. The van der Waals surface area contributed by atoms with Crippen molar-refractivity contribution in [1.82, 2.24) is 15.3 Å². The van der Waals surface area contributed by atoms with Crippen LogP contribution < -0.4 is 5.32 Å². The molecule has 1 fully saturated rings. The third-order valence-corrected chi connectivity index (χ3v) is 2.99. The fourth-order valence-electron chi connectivity index (χ4n) is 1.22. The Kier molecular flexibility index (Phi) is 4.48. The number of hydrogen-bond donors (Lipinski definition) is 1. The summed E-state index contributed by atoms with van der Waals surface area (Å²) in [6, 6.07) is 1.84. The minimum Gasteiger partial charge on any atom is -0.316 e. The molecular formula is C8H12ClN3S. The number of aromatic nitrogens is 2. The van der Waals surface area contributed by atoms with E-state index in [2.05, 4.69) is 15.3 Å². The summed E-state index contributed by atoms with van der Waals surface area (Å²) in [6.07, 6.45) is 4.80. The van der Waals surface area contributed by atoms with E-state index >= 15 is 0 Å². The van der Waals surface area contributed by atoms with Crippen molar-refractivity contribution in [1.29, 1.82) is 0 Å². The Hall–Kier alpha value is -0.320. The van der Waals surface area contributed by atoms with Gasteiger partial charge in [0.1, 0.15) is 0 Å². The Morgan fingerprint density at radius 1 is 1.38 bits per heavy atom. The third kappa shape index (κ3) is 3.14. The molecule has 0 spiro atoms. The third-order valence-electron chi connectivity index (χ3n) is 1.83. The van der Waals surface area contributed by atoms with Gasteiger partial charge in [0.2, 0.25) is 0 Å². The lowest BCUT2D eigenvalue weighted by Crippen LogP contribution is -2.10. The maximum absolute atomic E-state index is 4.17. The van der Waals surface area contributed by atoms with Gasteiger partial charge in [-0.2, -0.15) is 0 Å². The van der Waals surface area contributed by atoms with Crippen molar-refractivity contribution in [3.05, 3.63) is 18.5 Å². The van der Waals surface area contributed by atoms with Crippen molar-refractivity contribution in [3.8, 4) is 0 Å². The van der Waals surface area contributed by atoms with Gasteiger partial charge in [0.15, 0.2) is 5.16 Å². The number of thioether (sulfide) groups is 1. The molecule has 1 saturated heterocycles. The number of rotatable bonds is 2. The number of nitrogens with one attached hydrogen (secondary N) is 1. The van der Waals surface area contributed by atoms with Crippen molar-refractivity contribution in [2.75, 3.05) is 13.1 Å². The van der Waals surface area contributed by atoms with E-state index in [1.807, 2.05) is 6.07 Å². The number of nitrogens with zero attached hydrogens (tertiary/aromatic N) is 2. The molecule has 2 heterocycles. The first-order valence-electron chi connectivity index (χ1n) is 4.09. The first kappa shape index (κ1) is 10.8. The van der Waals surface area contributed by atoms with E-state index < -0.39 is 0 Å². The SMILES string of the molecule is Cl.c1cnc(SC2CCNC2)nc1. The van der Waals surface area contributed by atoms with Gasteiger partial charge >= 0.3 is 0 Å². The fraction of sp³-hybridized carbons (Fsp3) is 0.500. The Bertz CT molecular complexity index is 238. The van der Waals surface area contributed by atoms with Gasteiger partial charge in [-0.3, -0.25) is 0 Å². The highest BCUT2D eigenvalue weighted by atomic mass is 35.5. The predicted octanol–water partition coefficient (Wildman–Crippen LogP) is 1.35. The van der Waals surface area contributed by atoms with Gasteiger partial charge in [0.25, 0.3) is 0 Å². The minimum atomic E-state index is 0. The standard InChI is InChI=1S/C8H11N3S.ClH/c1-3-10-8(11-4-1)12-7-2-5-9-6-7;/h1,3-4,7,9H,2,5-6H2;1H. The second-order valence-corrected chi connectivity index (χ2v) is 4.03. The first-order valence-corrected chi connectivity index (χ1v) is 4.97. The van der Waals surface area contributed by atoms with Crippen LogP contribution in [0, 0.1) is 0 Å². The van der Waals surface area contributed by atoms with E-state index in [0.29, 0.717) is 5.25 Å². The van der Waals surface area contributed by atoms with Crippen LogP contribution in [-0.2, 0) is 0 Å². The average Bonchev–Trinajstić information content (AvgIpc) is 2.59. The average molecular weight is 218 g/mol. The van der Waals surface area contributed by atoms with E-state index in [9.17, 15) is 0 Å². The topological polar surface area (TPSA) is 37.8 Å². The van der Waals surface area contributed by atoms with Crippen LogP contribution in [0.3, 0.4) is 0 Å². The summed E-state index contributed by atoms with van der Waals surface area (Å²) >= 11 is 1.77. The van der Waals surface area contributed by atoms with E-state index in [1.165, 1.54) is 6.42 Å². The molecule has 2 rings (SSSR count). The van der Waals surface area contributed by atoms with E-state index in [1.54, 1.807) is 24.2 Å². The first-order chi connectivity index (χ1) is 5.95. The highest BCUT2D eigenvalue weighted by molar-refractivity contribution is 7.99. The van der Waals surface area contributed by atoms with Gasteiger partial charge < -0.3 is 5.32 Å². The fourth-order valence-corrected chi connectivity index (χ4v) is 2.20. The zero-order chi connectivity index (χ0) is 8.23. The molecule has 72 valence electrons. The molecule has 0 aliphatic carbocycles. The van der Waals surface area contributed by atoms with Crippen molar-refractivity contribution in [3.63, 3.8) is 0 Å². The van der Waals surface area contributed by atoms with Crippen LogP contribution in [0.15, 0.2) is 23.6 Å². The quantitative estimate of drug-likeness (QED) is 0.760. The highest BCUT2D eigenvalue weighted by Gasteiger charge is 2.16. The summed E-state index contributed by atoms with van der Waals surface area (Å²) in [6.45, 7) is 2.22. The molecule has 3 nitrogen and oxygen atoms in total. The summed E-state index contributed by atoms with van der Waals surface area (Å²) in [5, 5.41) is 4.87. The monoisotopic (exact) mass is 217 g/mol. The molecule has 0 radical (unpaired) electrons. The van der Waals surface area contributed by atoms with Gasteiger partial charge in [-0.25, -0.2) is 9.97 Å². The predicted molar refractivity (Wildman–Crippen MR) is 56.4 cm³/mol. The molecule has 1 N–H and O–H groups in total. The molecule has 0 saturated carbocycles. The molecule has 0 amide bonds. The molecule has 0 bridgehead atoms. The lowest BCUT2D eigenvalue weighted by atomic mass is 10.4. The molecule has 1 aliphatic heterocycles. The zero-order valence-electron chi connectivity index (χ0n) is 7.14. The zero-order valence-corrected chi connectivity index (χ0v) is 8.77. The Labute approximate surface area is 88.2 Å². The van der Waals surface area contributed by atoms with Crippen LogP contribution in [0.2, 0.25) is 0 Å². The van der Waals surface area contributed by atoms with Crippen molar-refractivity contribution in [2.45, 2.75) is 16.8 Å². The molecule has 5 heteroatoms. The number of hydrogen-bond acceptors (Lipinski definition) is 4. The maximum atomic E-state index is 4.17. The summed E-state index contributed by atoms with van der Waals surface area (Å²) in [4.78, 5) is 8.33. The summed E-state index contributed by atoms with van der Waals surface area (Å²) in [5.74, 6) is 0. The minimum absolute atomic E-state index is 0.